The standard InChI is InChI=1S/C12H13BrN2O2/c1-8-4-11(17-15-8)6-14-12-3-2-10(13)5-9(12)7-16/h2-5,14,16H,6-7H2,1H3. The van der Waals surface area contributed by atoms with E-state index in [4.69, 9.17) is 4.52 Å². The highest BCUT2D eigenvalue weighted by Gasteiger charge is 2.04. The fourth-order valence-corrected chi connectivity index (χ4v) is 1.96. The lowest BCUT2D eigenvalue weighted by Crippen LogP contribution is -2.01. The number of halogens is 1. The molecule has 17 heavy (non-hydrogen) atoms. The Labute approximate surface area is 108 Å². The number of aliphatic hydroxyl groups is 1. The molecule has 0 atom stereocenters. The van der Waals surface area contributed by atoms with Crippen LogP contribution in [0.5, 0.6) is 0 Å². The molecule has 5 heteroatoms. The first kappa shape index (κ1) is 12.1. The quantitative estimate of drug-likeness (QED) is 0.911. The van der Waals surface area contributed by atoms with Gasteiger partial charge in [0.1, 0.15) is 0 Å². The van der Waals surface area contributed by atoms with Gasteiger partial charge in [0.15, 0.2) is 5.76 Å². The van der Waals surface area contributed by atoms with E-state index >= 15 is 0 Å². The van der Waals surface area contributed by atoms with Crippen molar-refractivity contribution in [3.05, 3.63) is 45.8 Å². The van der Waals surface area contributed by atoms with Crippen molar-refractivity contribution < 1.29 is 9.63 Å². The van der Waals surface area contributed by atoms with Gasteiger partial charge in [-0.1, -0.05) is 21.1 Å². The van der Waals surface area contributed by atoms with Gasteiger partial charge in [0.2, 0.25) is 0 Å². The number of aromatic nitrogens is 1. The van der Waals surface area contributed by atoms with E-state index in [0.29, 0.717) is 6.54 Å². The Kier molecular flexibility index (Phi) is 3.81. The van der Waals surface area contributed by atoms with Crippen molar-refractivity contribution in [2.45, 2.75) is 20.1 Å². The maximum absolute atomic E-state index is 9.25. The minimum absolute atomic E-state index is 0.00277. The smallest absolute Gasteiger partial charge is 0.156 e. The van der Waals surface area contributed by atoms with Gasteiger partial charge in [-0.15, -0.1) is 0 Å². The number of hydrogen-bond donors (Lipinski definition) is 2. The van der Waals surface area contributed by atoms with Crippen molar-refractivity contribution >= 4 is 21.6 Å². The molecule has 2 N–H and O–H groups in total. The van der Waals surface area contributed by atoms with Crippen LogP contribution in [0.4, 0.5) is 5.69 Å². The molecule has 0 amide bonds. The number of nitrogens with one attached hydrogen (secondary N) is 1. The topological polar surface area (TPSA) is 58.3 Å². The Morgan fingerprint density at radius 1 is 1.41 bits per heavy atom. The van der Waals surface area contributed by atoms with Gasteiger partial charge in [0.25, 0.3) is 0 Å². The molecular weight excluding hydrogens is 284 g/mol. The molecule has 2 rings (SSSR count). The first-order chi connectivity index (χ1) is 8.19. The molecule has 2 aromatic rings. The van der Waals surface area contributed by atoms with E-state index in [9.17, 15) is 5.11 Å². The van der Waals surface area contributed by atoms with Crippen LogP contribution in [0.1, 0.15) is 17.0 Å². The molecule has 0 aliphatic heterocycles. The number of rotatable bonds is 4. The first-order valence-corrected chi connectivity index (χ1v) is 6.03. The predicted molar refractivity (Wildman–Crippen MR) is 68.6 cm³/mol. The summed E-state index contributed by atoms with van der Waals surface area (Å²) < 4.78 is 6.05. The molecule has 0 spiro atoms. The summed E-state index contributed by atoms with van der Waals surface area (Å²) in [6.45, 7) is 2.43. The van der Waals surface area contributed by atoms with Crippen LogP contribution in [0.3, 0.4) is 0 Å². The normalized spacial score (nSPS) is 10.5. The zero-order chi connectivity index (χ0) is 12.3. The average Bonchev–Trinajstić information content (AvgIpc) is 2.73. The Hall–Kier alpha value is -1.33. The van der Waals surface area contributed by atoms with E-state index in [-0.39, 0.29) is 6.61 Å². The molecule has 0 aliphatic carbocycles. The van der Waals surface area contributed by atoms with Crippen molar-refractivity contribution in [1.29, 1.82) is 0 Å². The number of nitrogens with zero attached hydrogens (tertiary/aromatic N) is 1. The van der Waals surface area contributed by atoms with Gasteiger partial charge < -0.3 is 14.9 Å². The molecule has 0 saturated heterocycles. The molecular formula is C12H13BrN2O2. The second-order valence-corrected chi connectivity index (χ2v) is 4.66. The van der Waals surface area contributed by atoms with Crippen molar-refractivity contribution in [3.63, 3.8) is 0 Å². The van der Waals surface area contributed by atoms with E-state index < -0.39 is 0 Å². The lowest BCUT2D eigenvalue weighted by molar-refractivity contribution is 0.282. The zero-order valence-electron chi connectivity index (χ0n) is 9.40. The molecule has 90 valence electrons. The van der Waals surface area contributed by atoms with Gasteiger partial charge in [-0.05, 0) is 25.1 Å². The molecule has 0 aliphatic rings. The van der Waals surface area contributed by atoms with Crippen LogP contribution >= 0.6 is 15.9 Å². The van der Waals surface area contributed by atoms with E-state index in [1.807, 2.05) is 31.2 Å². The van der Waals surface area contributed by atoms with E-state index in [1.54, 1.807) is 0 Å². The summed E-state index contributed by atoms with van der Waals surface area (Å²) in [5.41, 5.74) is 2.60. The zero-order valence-corrected chi connectivity index (χ0v) is 11.0. The number of benzene rings is 1. The molecule has 0 saturated carbocycles. The van der Waals surface area contributed by atoms with Crippen LogP contribution in [0.15, 0.2) is 33.3 Å². The summed E-state index contributed by atoms with van der Waals surface area (Å²) >= 11 is 3.37. The third kappa shape index (κ3) is 3.08. The monoisotopic (exact) mass is 296 g/mol. The Morgan fingerprint density at radius 3 is 2.88 bits per heavy atom. The van der Waals surface area contributed by atoms with Gasteiger partial charge in [-0.2, -0.15) is 0 Å². The maximum atomic E-state index is 9.25. The summed E-state index contributed by atoms with van der Waals surface area (Å²) in [7, 11) is 0. The van der Waals surface area contributed by atoms with Crippen LogP contribution in [0.25, 0.3) is 0 Å². The van der Waals surface area contributed by atoms with Crippen LogP contribution in [0, 0.1) is 6.92 Å². The van der Waals surface area contributed by atoms with E-state index in [1.165, 1.54) is 0 Å². The average molecular weight is 297 g/mol. The molecule has 0 fully saturated rings. The Balaban J connectivity index is 2.08. The number of aliphatic hydroxyl groups excluding tert-OH is 1. The van der Waals surface area contributed by atoms with Gasteiger partial charge >= 0.3 is 0 Å². The highest BCUT2D eigenvalue weighted by molar-refractivity contribution is 9.10. The Bertz CT molecular complexity index is 511. The largest absolute Gasteiger partial charge is 0.392 e. The van der Waals surface area contributed by atoms with Crippen LogP contribution in [0.2, 0.25) is 0 Å². The molecule has 4 nitrogen and oxygen atoms in total. The van der Waals surface area contributed by atoms with Crippen molar-refractivity contribution in [2.24, 2.45) is 0 Å². The predicted octanol–water partition coefficient (Wildman–Crippen LogP) is 2.85. The summed E-state index contributed by atoms with van der Waals surface area (Å²) in [4.78, 5) is 0. The number of aryl methyl sites for hydroxylation is 1. The molecule has 1 heterocycles. The first-order valence-electron chi connectivity index (χ1n) is 5.24. The summed E-state index contributed by atoms with van der Waals surface area (Å²) in [5.74, 6) is 0.773. The van der Waals surface area contributed by atoms with Crippen molar-refractivity contribution in [2.75, 3.05) is 5.32 Å². The summed E-state index contributed by atoms with van der Waals surface area (Å²) in [6.07, 6.45) is 0. The second-order valence-electron chi connectivity index (χ2n) is 3.75. The molecule has 1 aromatic carbocycles. The van der Waals surface area contributed by atoms with E-state index in [0.717, 1.165) is 27.2 Å². The van der Waals surface area contributed by atoms with Gasteiger partial charge in [0, 0.05) is 21.8 Å². The minimum Gasteiger partial charge on any atom is -0.392 e. The summed E-state index contributed by atoms with van der Waals surface area (Å²) in [5, 5.41) is 16.3. The maximum Gasteiger partial charge on any atom is 0.156 e. The van der Waals surface area contributed by atoms with Crippen LogP contribution < -0.4 is 5.32 Å². The van der Waals surface area contributed by atoms with Crippen molar-refractivity contribution in [1.82, 2.24) is 5.16 Å². The van der Waals surface area contributed by atoms with Crippen molar-refractivity contribution in [3.8, 4) is 0 Å². The summed E-state index contributed by atoms with van der Waals surface area (Å²) in [6, 6.07) is 7.60. The highest BCUT2D eigenvalue weighted by atomic mass is 79.9. The fourth-order valence-electron chi connectivity index (χ4n) is 1.55. The van der Waals surface area contributed by atoms with Gasteiger partial charge in [0.05, 0.1) is 18.8 Å². The Morgan fingerprint density at radius 2 is 2.24 bits per heavy atom. The number of anilines is 1. The van der Waals surface area contributed by atoms with E-state index in [2.05, 4.69) is 26.4 Å². The lowest BCUT2D eigenvalue weighted by Gasteiger charge is -2.09. The minimum atomic E-state index is -0.00277. The van der Waals surface area contributed by atoms with Gasteiger partial charge in [-0.25, -0.2) is 0 Å². The molecule has 1 aromatic heterocycles. The fraction of sp³-hybridized carbons (Fsp3) is 0.250. The molecule has 0 bridgehead atoms. The lowest BCUT2D eigenvalue weighted by atomic mass is 10.2. The molecule has 0 radical (unpaired) electrons. The number of hydrogen-bond acceptors (Lipinski definition) is 4. The highest BCUT2D eigenvalue weighted by Crippen LogP contribution is 2.21. The molecule has 0 unspecified atom stereocenters. The third-order valence-electron chi connectivity index (χ3n) is 2.37. The van der Waals surface area contributed by atoms with Crippen LogP contribution in [-0.4, -0.2) is 10.3 Å². The van der Waals surface area contributed by atoms with Crippen LogP contribution in [-0.2, 0) is 13.2 Å². The van der Waals surface area contributed by atoms with Gasteiger partial charge in [-0.3, -0.25) is 0 Å². The third-order valence-corrected chi connectivity index (χ3v) is 2.86. The second kappa shape index (κ2) is 5.33. The SMILES string of the molecule is Cc1cc(CNc2ccc(Br)cc2CO)on1.